The van der Waals surface area contributed by atoms with Gasteiger partial charge in [0, 0.05) is 31.7 Å². The minimum atomic E-state index is 0.600. The topological polar surface area (TPSA) is 107 Å². The molecule has 9 nitrogen and oxygen atoms in total. The Labute approximate surface area is 188 Å². The van der Waals surface area contributed by atoms with E-state index in [0.29, 0.717) is 32.0 Å². The van der Waals surface area contributed by atoms with Gasteiger partial charge in [-0.15, -0.1) is 0 Å². The molecule has 0 saturated carbocycles. The predicted octanol–water partition coefficient (Wildman–Crippen LogP) is 0.482. The SMILES string of the molecule is COc1cc(-c2cc3c(c(NCCCN)n2)=NCCN=3)ccc1OCCN1CCOCC1. The molecule has 32 heavy (non-hydrogen) atoms. The number of ether oxygens (including phenoxy) is 3. The number of nitrogens with two attached hydrogens (primary N) is 1. The van der Waals surface area contributed by atoms with E-state index < -0.39 is 0 Å². The highest BCUT2D eigenvalue weighted by atomic mass is 16.5. The number of fused-ring (bicyclic) bond motifs is 1. The van der Waals surface area contributed by atoms with E-state index in [-0.39, 0.29) is 0 Å². The number of hydrogen-bond acceptors (Lipinski definition) is 9. The van der Waals surface area contributed by atoms with Crippen molar-refractivity contribution < 1.29 is 14.2 Å². The van der Waals surface area contributed by atoms with E-state index in [1.54, 1.807) is 7.11 Å². The standard InChI is InChI=1S/C23H32N6O3/c1-30-21-15-17(3-4-20(21)32-14-11-29-9-12-31-13-10-29)18-16-19-22(26-8-7-25-19)23(28-18)27-6-2-5-24/h3-4,15-16H,2,5-14,24H2,1H3,(H,27,28). The molecule has 1 aromatic carbocycles. The van der Waals surface area contributed by atoms with E-state index in [2.05, 4.69) is 20.2 Å². The van der Waals surface area contributed by atoms with Crippen LogP contribution in [0.4, 0.5) is 5.82 Å². The van der Waals surface area contributed by atoms with Crippen molar-refractivity contribution in [2.24, 2.45) is 15.7 Å². The number of morpholine rings is 1. The first-order chi connectivity index (χ1) is 15.8. The molecule has 2 aliphatic heterocycles. The van der Waals surface area contributed by atoms with Crippen molar-refractivity contribution in [3.8, 4) is 22.8 Å². The number of anilines is 1. The van der Waals surface area contributed by atoms with E-state index in [9.17, 15) is 0 Å². The fourth-order valence-electron chi connectivity index (χ4n) is 3.77. The Hall–Kier alpha value is -2.75. The lowest BCUT2D eigenvalue weighted by atomic mass is 10.1. The number of rotatable bonds is 10. The van der Waals surface area contributed by atoms with Gasteiger partial charge in [-0.25, -0.2) is 4.98 Å². The van der Waals surface area contributed by atoms with Crippen LogP contribution in [0.1, 0.15) is 6.42 Å². The largest absolute Gasteiger partial charge is 0.493 e. The van der Waals surface area contributed by atoms with Gasteiger partial charge in [0.2, 0.25) is 0 Å². The first-order valence-corrected chi connectivity index (χ1v) is 11.2. The second kappa shape index (κ2) is 11.2. The molecule has 0 amide bonds. The zero-order valence-corrected chi connectivity index (χ0v) is 18.7. The van der Waals surface area contributed by atoms with Crippen LogP contribution in [-0.4, -0.2) is 82.6 Å². The summed E-state index contributed by atoms with van der Waals surface area (Å²) in [5.41, 5.74) is 7.39. The number of nitrogens with zero attached hydrogens (tertiary/aromatic N) is 4. The molecule has 9 heteroatoms. The fourth-order valence-corrected chi connectivity index (χ4v) is 3.77. The first-order valence-electron chi connectivity index (χ1n) is 11.2. The Morgan fingerprint density at radius 2 is 1.97 bits per heavy atom. The van der Waals surface area contributed by atoms with Crippen molar-refractivity contribution in [3.63, 3.8) is 0 Å². The van der Waals surface area contributed by atoms with Crippen LogP contribution < -0.4 is 31.2 Å². The molecule has 0 radical (unpaired) electrons. The van der Waals surface area contributed by atoms with Crippen LogP contribution in [0.2, 0.25) is 0 Å². The smallest absolute Gasteiger partial charge is 0.161 e. The Bertz CT molecular complexity index is 1020. The Balaban J connectivity index is 1.53. The molecule has 0 spiro atoms. The van der Waals surface area contributed by atoms with Gasteiger partial charge in [0.15, 0.2) is 17.3 Å². The van der Waals surface area contributed by atoms with Crippen molar-refractivity contribution in [2.75, 3.05) is 78.1 Å². The van der Waals surface area contributed by atoms with Gasteiger partial charge >= 0.3 is 0 Å². The van der Waals surface area contributed by atoms with Gasteiger partial charge in [-0.1, -0.05) is 0 Å². The molecule has 2 aliphatic rings. The van der Waals surface area contributed by atoms with Crippen LogP contribution >= 0.6 is 0 Å². The Morgan fingerprint density at radius 1 is 1.12 bits per heavy atom. The molecule has 0 atom stereocenters. The third kappa shape index (κ3) is 5.53. The van der Waals surface area contributed by atoms with E-state index in [1.807, 2.05) is 24.3 Å². The van der Waals surface area contributed by atoms with Crippen LogP contribution in [0.5, 0.6) is 11.5 Å². The molecule has 1 fully saturated rings. The zero-order valence-electron chi connectivity index (χ0n) is 18.7. The summed E-state index contributed by atoms with van der Waals surface area (Å²) in [6, 6.07) is 7.89. The van der Waals surface area contributed by atoms with Crippen LogP contribution in [0.3, 0.4) is 0 Å². The average molecular weight is 441 g/mol. The highest BCUT2D eigenvalue weighted by Gasteiger charge is 2.14. The van der Waals surface area contributed by atoms with Gasteiger partial charge in [-0.2, -0.15) is 0 Å². The number of methoxy groups -OCH3 is 1. The maximum atomic E-state index is 6.02. The number of aromatic nitrogens is 1. The number of nitrogens with one attached hydrogen (secondary N) is 1. The summed E-state index contributed by atoms with van der Waals surface area (Å²) in [6.45, 7) is 7.68. The van der Waals surface area contributed by atoms with Crippen LogP contribution in [0, 0.1) is 0 Å². The second-order valence-electron chi connectivity index (χ2n) is 7.72. The van der Waals surface area contributed by atoms with Crippen LogP contribution in [-0.2, 0) is 4.74 Å². The Morgan fingerprint density at radius 3 is 2.78 bits per heavy atom. The van der Waals surface area contributed by atoms with Gasteiger partial charge in [0.05, 0.1) is 44.5 Å². The summed E-state index contributed by atoms with van der Waals surface area (Å²) in [4.78, 5) is 16.4. The number of benzene rings is 1. The minimum Gasteiger partial charge on any atom is -0.493 e. The molecule has 4 rings (SSSR count). The monoisotopic (exact) mass is 440 g/mol. The summed E-state index contributed by atoms with van der Waals surface area (Å²) in [5, 5.41) is 5.06. The van der Waals surface area contributed by atoms with Crippen LogP contribution in [0.25, 0.3) is 11.3 Å². The van der Waals surface area contributed by atoms with Crippen molar-refractivity contribution in [1.29, 1.82) is 0 Å². The van der Waals surface area contributed by atoms with Crippen molar-refractivity contribution in [2.45, 2.75) is 6.42 Å². The van der Waals surface area contributed by atoms with Crippen molar-refractivity contribution in [3.05, 3.63) is 35.0 Å². The summed E-state index contributed by atoms with van der Waals surface area (Å²) in [7, 11) is 1.66. The highest BCUT2D eigenvalue weighted by molar-refractivity contribution is 5.65. The van der Waals surface area contributed by atoms with Gasteiger partial charge in [0.1, 0.15) is 12.0 Å². The molecule has 0 unspecified atom stereocenters. The molecule has 3 N–H and O–H groups in total. The van der Waals surface area contributed by atoms with E-state index >= 15 is 0 Å². The Kier molecular flexibility index (Phi) is 7.87. The maximum Gasteiger partial charge on any atom is 0.161 e. The molecule has 172 valence electrons. The summed E-state index contributed by atoms with van der Waals surface area (Å²) >= 11 is 0. The third-order valence-corrected chi connectivity index (χ3v) is 5.53. The van der Waals surface area contributed by atoms with E-state index in [1.165, 1.54) is 0 Å². The second-order valence-corrected chi connectivity index (χ2v) is 7.72. The first kappa shape index (κ1) is 22.4. The van der Waals surface area contributed by atoms with Crippen molar-refractivity contribution >= 4 is 5.82 Å². The highest BCUT2D eigenvalue weighted by Crippen LogP contribution is 2.31. The lowest BCUT2D eigenvalue weighted by molar-refractivity contribution is 0.0321. The molecule has 0 aliphatic carbocycles. The molecule has 0 bridgehead atoms. The minimum absolute atomic E-state index is 0.600. The fraction of sp³-hybridized carbons (Fsp3) is 0.522. The lowest BCUT2D eigenvalue weighted by Gasteiger charge is -2.26. The lowest BCUT2D eigenvalue weighted by Crippen LogP contribution is -2.38. The molecule has 1 aromatic heterocycles. The van der Waals surface area contributed by atoms with Crippen molar-refractivity contribution in [1.82, 2.24) is 9.88 Å². The maximum absolute atomic E-state index is 6.02. The van der Waals surface area contributed by atoms with E-state index in [0.717, 1.165) is 79.4 Å². The quantitative estimate of drug-likeness (QED) is 0.518. The molecule has 2 aromatic rings. The number of hydrogen-bond donors (Lipinski definition) is 2. The molecule has 3 heterocycles. The number of pyridine rings is 1. The normalized spacial score (nSPS) is 15.9. The molecular weight excluding hydrogens is 408 g/mol. The van der Waals surface area contributed by atoms with Gasteiger partial charge in [-0.05, 0) is 37.2 Å². The summed E-state index contributed by atoms with van der Waals surface area (Å²) in [6.07, 6.45) is 0.863. The molecular formula is C23H32N6O3. The van der Waals surface area contributed by atoms with Gasteiger partial charge in [0.25, 0.3) is 0 Å². The zero-order chi connectivity index (χ0) is 22.2. The third-order valence-electron chi connectivity index (χ3n) is 5.53. The molecule has 1 saturated heterocycles. The van der Waals surface area contributed by atoms with Gasteiger partial charge in [-0.3, -0.25) is 14.9 Å². The summed E-state index contributed by atoms with van der Waals surface area (Å²) in [5.74, 6) is 2.16. The van der Waals surface area contributed by atoms with E-state index in [4.69, 9.17) is 24.9 Å². The average Bonchev–Trinajstić information content (AvgIpc) is 2.85. The van der Waals surface area contributed by atoms with Gasteiger partial charge < -0.3 is 25.3 Å². The summed E-state index contributed by atoms with van der Waals surface area (Å²) < 4.78 is 17.0. The van der Waals surface area contributed by atoms with Crippen LogP contribution in [0.15, 0.2) is 34.3 Å². The predicted molar refractivity (Wildman–Crippen MR) is 123 cm³/mol.